The summed E-state index contributed by atoms with van der Waals surface area (Å²) in [5.41, 5.74) is 0.706. The lowest BCUT2D eigenvalue weighted by Crippen LogP contribution is -2.41. The molecule has 0 heterocycles. The van der Waals surface area contributed by atoms with E-state index in [2.05, 4.69) is 27.7 Å². The molecular weight excluding hydrogens is 488 g/mol. The van der Waals surface area contributed by atoms with Crippen molar-refractivity contribution < 1.29 is 24.4 Å². The number of rotatable bonds is 11. The van der Waals surface area contributed by atoms with Crippen LogP contribution in [0.5, 0.6) is 0 Å². The van der Waals surface area contributed by atoms with Gasteiger partial charge >= 0.3 is 0 Å². The summed E-state index contributed by atoms with van der Waals surface area (Å²) in [7, 11) is 1.86. The van der Waals surface area contributed by atoms with Crippen molar-refractivity contribution in [1.82, 2.24) is 0 Å². The third kappa shape index (κ3) is 8.43. The maximum atomic E-state index is 11.8. The van der Waals surface area contributed by atoms with Crippen molar-refractivity contribution in [1.29, 1.82) is 0 Å². The SMILES string of the molecule is COC1CCC(C(C)(C)C2CCC(OCC(O)COC3CCC(C(C)(C)C4CCC([O-])CC4)CC3)CC2)CC1. The quantitative estimate of drug-likeness (QED) is 0.311. The molecule has 39 heavy (non-hydrogen) atoms. The molecule has 4 rings (SSSR count). The molecule has 1 unspecified atom stereocenters. The number of hydrogen-bond donors (Lipinski definition) is 1. The Balaban J connectivity index is 1.09. The Morgan fingerprint density at radius 3 is 1.21 bits per heavy atom. The van der Waals surface area contributed by atoms with Crippen molar-refractivity contribution in [2.75, 3.05) is 20.3 Å². The van der Waals surface area contributed by atoms with E-state index in [1.807, 2.05) is 7.11 Å². The van der Waals surface area contributed by atoms with Crippen LogP contribution >= 0.6 is 0 Å². The molecule has 4 fully saturated rings. The van der Waals surface area contributed by atoms with Crippen molar-refractivity contribution in [3.05, 3.63) is 0 Å². The monoisotopic (exact) mass is 549 g/mol. The van der Waals surface area contributed by atoms with Gasteiger partial charge in [0.1, 0.15) is 6.10 Å². The van der Waals surface area contributed by atoms with Gasteiger partial charge in [0.25, 0.3) is 0 Å². The summed E-state index contributed by atoms with van der Waals surface area (Å²) in [6.45, 7) is 10.7. The van der Waals surface area contributed by atoms with Gasteiger partial charge < -0.3 is 24.4 Å². The average Bonchev–Trinajstić information content (AvgIpc) is 2.95. The predicted molar refractivity (Wildman–Crippen MR) is 155 cm³/mol. The maximum absolute atomic E-state index is 11.8. The maximum Gasteiger partial charge on any atom is 0.101 e. The molecule has 0 aromatic carbocycles. The molecule has 5 nitrogen and oxygen atoms in total. The Bertz CT molecular complexity index is 690. The Morgan fingerprint density at radius 1 is 0.564 bits per heavy atom. The van der Waals surface area contributed by atoms with E-state index in [1.165, 1.54) is 51.4 Å². The van der Waals surface area contributed by atoms with E-state index in [9.17, 15) is 10.2 Å². The standard InChI is InChI=1S/C34H61O5/c1-33(2,24-6-14-28(35)15-7-24)26-10-18-31(19-11-26)38-22-29(36)23-39-32-20-12-27(13-21-32)34(3,4)25-8-16-30(37-5)17-9-25/h24-32,36H,6-23H2,1-5H3/q-1. The Morgan fingerprint density at radius 2 is 0.872 bits per heavy atom. The number of methoxy groups -OCH3 is 1. The molecule has 0 amide bonds. The van der Waals surface area contributed by atoms with Gasteiger partial charge in [0.15, 0.2) is 0 Å². The largest absolute Gasteiger partial charge is 0.852 e. The summed E-state index contributed by atoms with van der Waals surface area (Å²) in [5, 5.41) is 22.4. The highest BCUT2D eigenvalue weighted by Crippen LogP contribution is 2.50. The summed E-state index contributed by atoms with van der Waals surface area (Å²) in [5.74, 6) is 3.00. The molecule has 4 saturated carbocycles. The van der Waals surface area contributed by atoms with E-state index in [1.54, 1.807) is 0 Å². The molecule has 0 radical (unpaired) electrons. The molecule has 0 aromatic heterocycles. The van der Waals surface area contributed by atoms with Crippen LogP contribution in [0.4, 0.5) is 0 Å². The highest BCUT2D eigenvalue weighted by Gasteiger charge is 2.41. The van der Waals surface area contributed by atoms with Crippen LogP contribution in [0.3, 0.4) is 0 Å². The highest BCUT2D eigenvalue weighted by atomic mass is 16.5. The minimum absolute atomic E-state index is 0.265. The summed E-state index contributed by atoms with van der Waals surface area (Å²) >= 11 is 0. The zero-order chi connectivity index (χ0) is 28.0. The molecule has 0 bridgehead atoms. The van der Waals surface area contributed by atoms with Crippen molar-refractivity contribution in [2.45, 2.75) is 161 Å². The predicted octanol–water partition coefficient (Wildman–Crippen LogP) is 6.67. The molecule has 0 spiro atoms. The molecule has 5 heteroatoms. The van der Waals surface area contributed by atoms with Crippen LogP contribution in [-0.4, -0.2) is 55.9 Å². The topological polar surface area (TPSA) is 71.0 Å². The second kappa shape index (κ2) is 14.3. The van der Waals surface area contributed by atoms with Gasteiger partial charge in [0.2, 0.25) is 0 Å². The minimum atomic E-state index is -0.536. The van der Waals surface area contributed by atoms with Crippen LogP contribution in [0.15, 0.2) is 0 Å². The van der Waals surface area contributed by atoms with Crippen molar-refractivity contribution >= 4 is 0 Å². The van der Waals surface area contributed by atoms with Crippen LogP contribution in [0, 0.1) is 34.5 Å². The molecule has 1 N–H and O–H groups in total. The van der Waals surface area contributed by atoms with Gasteiger partial charge in [0, 0.05) is 7.11 Å². The first-order valence-corrected chi connectivity index (χ1v) is 16.7. The summed E-state index contributed by atoms with van der Waals surface area (Å²) in [6, 6.07) is 0. The first kappa shape index (κ1) is 31.7. The molecule has 4 aliphatic carbocycles. The van der Waals surface area contributed by atoms with Crippen molar-refractivity contribution in [2.24, 2.45) is 34.5 Å². The zero-order valence-corrected chi connectivity index (χ0v) is 26.0. The van der Waals surface area contributed by atoms with Crippen LogP contribution < -0.4 is 5.11 Å². The number of ether oxygens (including phenoxy) is 3. The zero-order valence-electron chi connectivity index (χ0n) is 26.0. The number of aliphatic hydroxyl groups excluding tert-OH is 1. The van der Waals surface area contributed by atoms with Gasteiger partial charge in [-0.2, -0.15) is 0 Å². The smallest absolute Gasteiger partial charge is 0.101 e. The van der Waals surface area contributed by atoms with Crippen LogP contribution in [0.25, 0.3) is 0 Å². The molecule has 0 saturated heterocycles. The van der Waals surface area contributed by atoms with Gasteiger partial charge in [0.05, 0.1) is 31.5 Å². The summed E-state index contributed by atoms with van der Waals surface area (Å²) in [6.07, 6.45) is 18.4. The second-order valence-electron chi connectivity index (χ2n) is 15.1. The molecule has 0 aliphatic heterocycles. The number of hydrogen-bond acceptors (Lipinski definition) is 5. The number of aliphatic hydroxyl groups is 1. The minimum Gasteiger partial charge on any atom is -0.852 e. The molecule has 0 aromatic rings. The fourth-order valence-electron chi connectivity index (χ4n) is 9.01. The van der Waals surface area contributed by atoms with Gasteiger partial charge in [-0.3, -0.25) is 0 Å². The van der Waals surface area contributed by atoms with E-state index < -0.39 is 6.10 Å². The summed E-state index contributed by atoms with van der Waals surface area (Å²) < 4.78 is 18.0. The van der Waals surface area contributed by atoms with Crippen LogP contribution in [0.2, 0.25) is 0 Å². The van der Waals surface area contributed by atoms with Crippen LogP contribution in [0.1, 0.15) is 130 Å². The lowest BCUT2D eigenvalue weighted by molar-refractivity contribution is -0.427. The lowest BCUT2D eigenvalue weighted by atomic mass is 9.60. The van der Waals surface area contributed by atoms with E-state index in [0.717, 1.165) is 69.1 Å². The van der Waals surface area contributed by atoms with Crippen molar-refractivity contribution in [3.8, 4) is 0 Å². The Kier molecular flexibility index (Phi) is 11.6. The van der Waals surface area contributed by atoms with Gasteiger partial charge in [-0.1, -0.05) is 53.4 Å². The van der Waals surface area contributed by atoms with Gasteiger partial charge in [-0.05, 0) is 112 Å². The third-order valence-electron chi connectivity index (χ3n) is 12.3. The normalized spacial score (nSPS) is 37.9. The Hall–Kier alpha value is -0.200. The summed E-state index contributed by atoms with van der Waals surface area (Å²) in [4.78, 5) is 0. The molecule has 4 aliphatic rings. The third-order valence-corrected chi connectivity index (χ3v) is 12.3. The Labute approximate surface area is 240 Å². The lowest BCUT2D eigenvalue weighted by Gasteiger charge is -2.47. The molecule has 1 atom stereocenters. The molecule has 228 valence electrons. The van der Waals surface area contributed by atoms with Crippen LogP contribution in [-0.2, 0) is 14.2 Å². The fourth-order valence-corrected chi connectivity index (χ4v) is 9.01. The fraction of sp³-hybridized carbons (Fsp3) is 1.00. The van der Waals surface area contributed by atoms with E-state index in [4.69, 9.17) is 14.2 Å². The van der Waals surface area contributed by atoms with Gasteiger partial charge in [-0.15, -0.1) is 6.10 Å². The molecular formula is C34H61O5-. The average molecular weight is 550 g/mol. The van der Waals surface area contributed by atoms with E-state index in [-0.39, 0.29) is 18.3 Å². The highest BCUT2D eigenvalue weighted by molar-refractivity contribution is 4.92. The second-order valence-corrected chi connectivity index (χ2v) is 15.1. The first-order chi connectivity index (χ1) is 18.6. The van der Waals surface area contributed by atoms with E-state index >= 15 is 0 Å². The van der Waals surface area contributed by atoms with E-state index in [0.29, 0.717) is 36.1 Å². The first-order valence-electron chi connectivity index (χ1n) is 16.7. The van der Waals surface area contributed by atoms with Crippen molar-refractivity contribution in [3.63, 3.8) is 0 Å². The van der Waals surface area contributed by atoms with Gasteiger partial charge in [-0.25, -0.2) is 0 Å².